The molecule has 2 saturated heterocycles. The summed E-state index contributed by atoms with van der Waals surface area (Å²) in [7, 11) is 0. The second-order valence-corrected chi connectivity index (χ2v) is 5.18. The summed E-state index contributed by atoms with van der Waals surface area (Å²) in [6, 6.07) is 0.356. The maximum absolute atomic E-state index is 11.7. The van der Waals surface area contributed by atoms with Gasteiger partial charge in [0, 0.05) is 18.3 Å². The number of nitrogens with zero attached hydrogens (tertiary/aromatic N) is 1. The average molecular weight is 231 g/mol. The highest BCUT2D eigenvalue weighted by Gasteiger charge is 2.31. The quantitative estimate of drug-likeness (QED) is 0.732. The Morgan fingerprint density at radius 3 is 3.13 bits per heavy atom. The number of rotatable bonds is 2. The number of aliphatic hydroxyl groups is 1. The van der Waals surface area contributed by atoms with Crippen LogP contribution in [0.25, 0.3) is 0 Å². The molecule has 0 aromatic heterocycles. The summed E-state index contributed by atoms with van der Waals surface area (Å²) in [5.74, 6) is 2.31. The topological polar surface area (TPSA) is 49.8 Å². The number of thioether (sulfide) groups is 1. The van der Waals surface area contributed by atoms with Crippen LogP contribution in [0.2, 0.25) is 0 Å². The molecule has 2 aliphatic rings. The van der Waals surface area contributed by atoms with E-state index in [4.69, 9.17) is 9.84 Å². The highest BCUT2D eigenvalue weighted by atomic mass is 32.2. The Morgan fingerprint density at radius 2 is 2.47 bits per heavy atom. The first-order chi connectivity index (χ1) is 7.31. The number of aliphatic hydroxyl groups excluding tert-OH is 1. The zero-order valence-electron chi connectivity index (χ0n) is 8.72. The summed E-state index contributed by atoms with van der Waals surface area (Å²) < 4.78 is 5.21. The first-order valence-electron chi connectivity index (χ1n) is 5.41. The molecule has 2 heterocycles. The second-order valence-electron chi connectivity index (χ2n) is 4.03. The molecule has 15 heavy (non-hydrogen) atoms. The van der Waals surface area contributed by atoms with Crippen molar-refractivity contribution in [1.82, 2.24) is 4.90 Å². The smallest absolute Gasteiger partial charge is 0.248 e. The van der Waals surface area contributed by atoms with Gasteiger partial charge < -0.3 is 14.7 Å². The van der Waals surface area contributed by atoms with Gasteiger partial charge in [0.2, 0.25) is 5.91 Å². The molecule has 1 N–H and O–H groups in total. The van der Waals surface area contributed by atoms with Crippen LogP contribution in [0.4, 0.5) is 0 Å². The SMILES string of the molecule is O=C1COC(CO)CN1C1CCCSC1. The van der Waals surface area contributed by atoms with E-state index in [-0.39, 0.29) is 25.2 Å². The Hall–Kier alpha value is -0.260. The molecular weight excluding hydrogens is 214 g/mol. The lowest BCUT2D eigenvalue weighted by molar-refractivity contribution is -0.154. The molecule has 0 spiro atoms. The summed E-state index contributed by atoms with van der Waals surface area (Å²) in [6.07, 6.45) is 2.09. The number of carbonyl (C=O) groups excluding carboxylic acids is 1. The van der Waals surface area contributed by atoms with Crippen LogP contribution in [0, 0.1) is 0 Å². The maximum atomic E-state index is 11.7. The third kappa shape index (κ3) is 2.65. The van der Waals surface area contributed by atoms with Crippen LogP contribution in [0.15, 0.2) is 0 Å². The molecule has 2 rings (SSSR count). The van der Waals surface area contributed by atoms with Crippen molar-refractivity contribution >= 4 is 17.7 Å². The molecule has 5 heteroatoms. The fourth-order valence-corrected chi connectivity index (χ4v) is 3.23. The minimum Gasteiger partial charge on any atom is -0.394 e. The van der Waals surface area contributed by atoms with E-state index < -0.39 is 0 Å². The first-order valence-corrected chi connectivity index (χ1v) is 6.56. The van der Waals surface area contributed by atoms with Crippen molar-refractivity contribution in [2.24, 2.45) is 0 Å². The van der Waals surface area contributed by atoms with Gasteiger partial charge in [0.15, 0.2) is 0 Å². The Balaban J connectivity index is 1.95. The van der Waals surface area contributed by atoms with Crippen LogP contribution in [0.5, 0.6) is 0 Å². The Morgan fingerprint density at radius 1 is 1.60 bits per heavy atom. The van der Waals surface area contributed by atoms with Crippen LogP contribution < -0.4 is 0 Å². The van der Waals surface area contributed by atoms with Crippen molar-refractivity contribution in [1.29, 1.82) is 0 Å². The minimum absolute atomic E-state index is 0.00361. The van der Waals surface area contributed by atoms with Crippen molar-refractivity contribution in [2.45, 2.75) is 25.0 Å². The summed E-state index contributed by atoms with van der Waals surface area (Å²) >= 11 is 1.91. The molecule has 2 atom stereocenters. The van der Waals surface area contributed by atoms with Crippen molar-refractivity contribution in [2.75, 3.05) is 31.3 Å². The van der Waals surface area contributed by atoms with Crippen molar-refractivity contribution < 1.29 is 14.6 Å². The summed E-state index contributed by atoms with van der Waals surface area (Å²) in [6.45, 7) is 0.691. The van der Waals surface area contributed by atoms with Crippen LogP contribution in [0.1, 0.15) is 12.8 Å². The van der Waals surface area contributed by atoms with Crippen LogP contribution in [-0.4, -0.2) is 59.3 Å². The molecule has 2 aliphatic heterocycles. The van der Waals surface area contributed by atoms with E-state index in [2.05, 4.69) is 0 Å². The van der Waals surface area contributed by atoms with E-state index >= 15 is 0 Å². The zero-order chi connectivity index (χ0) is 10.7. The molecule has 0 saturated carbocycles. The molecule has 2 fully saturated rings. The van der Waals surface area contributed by atoms with E-state index in [0.29, 0.717) is 12.6 Å². The van der Waals surface area contributed by atoms with Crippen LogP contribution >= 0.6 is 11.8 Å². The van der Waals surface area contributed by atoms with E-state index in [0.717, 1.165) is 12.2 Å². The van der Waals surface area contributed by atoms with Crippen molar-refractivity contribution in [3.05, 3.63) is 0 Å². The molecular formula is C10H17NO3S. The molecule has 0 bridgehead atoms. The Labute approximate surface area is 94.0 Å². The predicted molar refractivity (Wildman–Crippen MR) is 58.9 cm³/mol. The summed E-state index contributed by atoms with van der Waals surface area (Å²) in [5.41, 5.74) is 0. The second kappa shape index (κ2) is 5.18. The largest absolute Gasteiger partial charge is 0.394 e. The number of morpholine rings is 1. The number of hydrogen-bond donors (Lipinski definition) is 1. The third-order valence-electron chi connectivity index (χ3n) is 2.94. The molecule has 0 radical (unpaired) electrons. The molecule has 0 aromatic carbocycles. The number of carbonyl (C=O) groups is 1. The lowest BCUT2D eigenvalue weighted by atomic mass is 10.1. The fourth-order valence-electron chi connectivity index (χ4n) is 2.08. The van der Waals surface area contributed by atoms with Gasteiger partial charge in [0.1, 0.15) is 6.61 Å². The van der Waals surface area contributed by atoms with Gasteiger partial charge in [-0.2, -0.15) is 11.8 Å². The molecule has 0 aliphatic carbocycles. The Kier molecular flexibility index (Phi) is 3.88. The van der Waals surface area contributed by atoms with Gasteiger partial charge in [-0.3, -0.25) is 4.79 Å². The Bertz CT molecular complexity index is 231. The van der Waals surface area contributed by atoms with Gasteiger partial charge in [-0.15, -0.1) is 0 Å². The lowest BCUT2D eigenvalue weighted by Gasteiger charge is -2.39. The third-order valence-corrected chi connectivity index (χ3v) is 4.14. The van der Waals surface area contributed by atoms with Gasteiger partial charge in [-0.1, -0.05) is 0 Å². The normalized spacial score (nSPS) is 33.1. The molecule has 4 nitrogen and oxygen atoms in total. The van der Waals surface area contributed by atoms with E-state index in [9.17, 15) is 4.79 Å². The van der Waals surface area contributed by atoms with E-state index in [1.807, 2.05) is 16.7 Å². The summed E-state index contributed by atoms with van der Waals surface area (Å²) in [5, 5.41) is 9.03. The predicted octanol–water partition coefficient (Wildman–Crippen LogP) is 0.102. The van der Waals surface area contributed by atoms with Gasteiger partial charge in [0.25, 0.3) is 0 Å². The van der Waals surface area contributed by atoms with E-state index in [1.165, 1.54) is 12.2 Å². The van der Waals surface area contributed by atoms with Crippen LogP contribution in [0.3, 0.4) is 0 Å². The van der Waals surface area contributed by atoms with Gasteiger partial charge in [-0.25, -0.2) is 0 Å². The fraction of sp³-hybridized carbons (Fsp3) is 0.900. The molecule has 0 aromatic rings. The number of ether oxygens (including phenoxy) is 1. The van der Waals surface area contributed by atoms with Crippen molar-refractivity contribution in [3.8, 4) is 0 Å². The lowest BCUT2D eigenvalue weighted by Crippen LogP contribution is -2.53. The zero-order valence-corrected chi connectivity index (χ0v) is 9.54. The molecule has 2 unspecified atom stereocenters. The highest BCUT2D eigenvalue weighted by molar-refractivity contribution is 7.99. The standard InChI is InChI=1S/C10H17NO3S/c12-5-9-4-11(10(13)6-14-9)8-2-1-3-15-7-8/h8-9,12H,1-7H2. The average Bonchev–Trinajstić information content (AvgIpc) is 2.31. The van der Waals surface area contributed by atoms with E-state index in [1.54, 1.807) is 0 Å². The summed E-state index contributed by atoms with van der Waals surface area (Å²) in [4.78, 5) is 13.6. The van der Waals surface area contributed by atoms with Gasteiger partial charge >= 0.3 is 0 Å². The monoisotopic (exact) mass is 231 g/mol. The number of amides is 1. The van der Waals surface area contributed by atoms with Crippen LogP contribution in [-0.2, 0) is 9.53 Å². The number of hydrogen-bond acceptors (Lipinski definition) is 4. The van der Waals surface area contributed by atoms with Gasteiger partial charge in [0.05, 0.1) is 12.7 Å². The minimum atomic E-state index is -0.186. The maximum Gasteiger partial charge on any atom is 0.248 e. The van der Waals surface area contributed by atoms with Gasteiger partial charge in [-0.05, 0) is 18.6 Å². The highest BCUT2D eigenvalue weighted by Crippen LogP contribution is 2.23. The molecule has 1 amide bonds. The molecule has 86 valence electrons. The van der Waals surface area contributed by atoms with Crippen molar-refractivity contribution in [3.63, 3.8) is 0 Å². The first kappa shape index (κ1) is 11.2.